The number of nitrogens with one attached hydrogen (secondary N) is 1. The number of aromatic nitrogens is 3. The third-order valence-electron chi connectivity index (χ3n) is 2.88. The summed E-state index contributed by atoms with van der Waals surface area (Å²) in [5.74, 6) is 1.59. The second-order valence-electron chi connectivity index (χ2n) is 4.37. The smallest absolute Gasteiger partial charge is 0.296 e. The Morgan fingerprint density at radius 1 is 1.28 bits per heavy atom. The molecule has 0 saturated carbocycles. The maximum absolute atomic E-state index is 5.17. The van der Waals surface area contributed by atoms with Crippen molar-refractivity contribution in [1.29, 1.82) is 0 Å². The van der Waals surface area contributed by atoms with E-state index in [1.807, 2.05) is 6.92 Å². The Labute approximate surface area is 104 Å². The van der Waals surface area contributed by atoms with Crippen molar-refractivity contribution >= 4 is 0 Å². The number of aryl methyl sites for hydroxylation is 1. The van der Waals surface area contributed by atoms with Gasteiger partial charge in [0.15, 0.2) is 5.82 Å². The summed E-state index contributed by atoms with van der Waals surface area (Å²) in [6, 6.07) is 1.78. The van der Waals surface area contributed by atoms with Crippen molar-refractivity contribution in [3.63, 3.8) is 0 Å². The van der Waals surface area contributed by atoms with Crippen molar-refractivity contribution in [2.24, 2.45) is 0 Å². The molecule has 3 heterocycles. The quantitative estimate of drug-likeness (QED) is 0.845. The molecule has 1 aliphatic heterocycles. The molecular formula is C11H15N5O2. The topological polar surface area (TPSA) is 80.2 Å². The molecule has 7 heteroatoms. The lowest BCUT2D eigenvalue weighted by Gasteiger charge is -2.25. The highest BCUT2D eigenvalue weighted by atomic mass is 16.5. The highest BCUT2D eigenvalue weighted by molar-refractivity contribution is 5.43. The minimum absolute atomic E-state index is 0.390. The molecule has 0 atom stereocenters. The fourth-order valence-corrected chi connectivity index (χ4v) is 1.95. The van der Waals surface area contributed by atoms with E-state index in [0.29, 0.717) is 24.0 Å². The molecule has 1 aliphatic rings. The van der Waals surface area contributed by atoms with Crippen LogP contribution in [0.1, 0.15) is 11.5 Å². The van der Waals surface area contributed by atoms with Gasteiger partial charge in [0.25, 0.3) is 5.89 Å². The standard InChI is InChI=1S/C11H15N5O2/c1-8-6-9(17-14-8)11-13-10(15-18-11)7-16-4-2-12-3-5-16/h6,12H,2-5,7H2,1H3. The monoisotopic (exact) mass is 249 g/mol. The van der Waals surface area contributed by atoms with E-state index in [9.17, 15) is 0 Å². The van der Waals surface area contributed by atoms with E-state index in [2.05, 4.69) is 25.5 Å². The molecule has 3 rings (SSSR count). The van der Waals surface area contributed by atoms with Crippen LogP contribution in [0.15, 0.2) is 15.1 Å². The van der Waals surface area contributed by atoms with E-state index in [-0.39, 0.29) is 0 Å². The Morgan fingerprint density at radius 2 is 2.11 bits per heavy atom. The van der Waals surface area contributed by atoms with Gasteiger partial charge < -0.3 is 14.4 Å². The summed E-state index contributed by atoms with van der Waals surface area (Å²) >= 11 is 0. The second-order valence-corrected chi connectivity index (χ2v) is 4.37. The van der Waals surface area contributed by atoms with Crippen LogP contribution in [0.2, 0.25) is 0 Å². The fourth-order valence-electron chi connectivity index (χ4n) is 1.95. The third-order valence-corrected chi connectivity index (χ3v) is 2.88. The zero-order valence-electron chi connectivity index (χ0n) is 10.2. The summed E-state index contributed by atoms with van der Waals surface area (Å²) < 4.78 is 10.3. The molecule has 0 bridgehead atoms. The molecule has 96 valence electrons. The van der Waals surface area contributed by atoms with Crippen LogP contribution in [0.4, 0.5) is 0 Å². The van der Waals surface area contributed by atoms with E-state index >= 15 is 0 Å². The van der Waals surface area contributed by atoms with Crippen LogP contribution in [0.25, 0.3) is 11.7 Å². The van der Waals surface area contributed by atoms with E-state index in [1.165, 1.54) is 0 Å². The molecule has 0 aliphatic carbocycles. The average Bonchev–Trinajstić information content (AvgIpc) is 2.99. The van der Waals surface area contributed by atoms with Gasteiger partial charge in [0.2, 0.25) is 5.76 Å². The maximum atomic E-state index is 5.17. The van der Waals surface area contributed by atoms with Crippen LogP contribution in [0.3, 0.4) is 0 Å². The Morgan fingerprint density at radius 3 is 2.83 bits per heavy atom. The van der Waals surface area contributed by atoms with Crippen LogP contribution >= 0.6 is 0 Å². The van der Waals surface area contributed by atoms with Crippen molar-refractivity contribution in [2.45, 2.75) is 13.5 Å². The molecule has 1 N–H and O–H groups in total. The van der Waals surface area contributed by atoms with Gasteiger partial charge in [-0.2, -0.15) is 4.98 Å². The molecule has 0 spiro atoms. The predicted octanol–water partition coefficient (Wildman–Crippen LogP) is 0.438. The third kappa shape index (κ3) is 2.41. The lowest BCUT2D eigenvalue weighted by molar-refractivity contribution is 0.225. The second kappa shape index (κ2) is 4.87. The van der Waals surface area contributed by atoms with Gasteiger partial charge in [0.1, 0.15) is 0 Å². The zero-order chi connectivity index (χ0) is 12.4. The van der Waals surface area contributed by atoms with E-state index < -0.39 is 0 Å². The minimum atomic E-state index is 0.390. The minimum Gasteiger partial charge on any atom is -0.351 e. The van der Waals surface area contributed by atoms with Gasteiger partial charge in [0.05, 0.1) is 12.2 Å². The predicted molar refractivity (Wildman–Crippen MR) is 62.7 cm³/mol. The zero-order valence-corrected chi connectivity index (χ0v) is 10.2. The fraction of sp³-hybridized carbons (Fsp3) is 0.545. The summed E-state index contributed by atoms with van der Waals surface area (Å²) in [6.07, 6.45) is 0. The number of hydrogen-bond acceptors (Lipinski definition) is 7. The van der Waals surface area contributed by atoms with E-state index in [0.717, 1.165) is 31.9 Å². The first-order valence-corrected chi connectivity index (χ1v) is 6.00. The Bertz CT molecular complexity index is 515. The first-order chi connectivity index (χ1) is 8.81. The van der Waals surface area contributed by atoms with Gasteiger partial charge in [-0.3, -0.25) is 4.90 Å². The average molecular weight is 249 g/mol. The largest absolute Gasteiger partial charge is 0.351 e. The highest BCUT2D eigenvalue weighted by Crippen LogP contribution is 2.18. The Balaban J connectivity index is 1.69. The van der Waals surface area contributed by atoms with Crippen LogP contribution in [0.5, 0.6) is 0 Å². The van der Waals surface area contributed by atoms with Crippen molar-refractivity contribution in [3.05, 3.63) is 17.6 Å². The molecule has 2 aromatic rings. The van der Waals surface area contributed by atoms with Crippen molar-refractivity contribution in [3.8, 4) is 11.7 Å². The molecule has 1 saturated heterocycles. The van der Waals surface area contributed by atoms with Crippen molar-refractivity contribution in [2.75, 3.05) is 26.2 Å². The maximum Gasteiger partial charge on any atom is 0.296 e. The molecule has 1 fully saturated rings. The van der Waals surface area contributed by atoms with Gasteiger partial charge in [-0.1, -0.05) is 10.3 Å². The van der Waals surface area contributed by atoms with Crippen LogP contribution in [-0.2, 0) is 6.54 Å². The lowest BCUT2D eigenvalue weighted by atomic mass is 10.3. The van der Waals surface area contributed by atoms with Crippen LogP contribution in [0, 0.1) is 6.92 Å². The molecule has 2 aromatic heterocycles. The molecule has 18 heavy (non-hydrogen) atoms. The number of hydrogen-bond donors (Lipinski definition) is 1. The summed E-state index contributed by atoms with van der Waals surface area (Å²) in [4.78, 5) is 6.60. The molecular weight excluding hydrogens is 234 g/mol. The first kappa shape index (κ1) is 11.4. The molecule has 0 aromatic carbocycles. The molecule has 0 unspecified atom stereocenters. The van der Waals surface area contributed by atoms with Gasteiger partial charge in [-0.05, 0) is 6.92 Å². The SMILES string of the molecule is Cc1cc(-c2nc(CN3CCNCC3)no2)on1. The van der Waals surface area contributed by atoms with E-state index in [1.54, 1.807) is 6.07 Å². The molecule has 0 radical (unpaired) electrons. The molecule has 7 nitrogen and oxygen atoms in total. The van der Waals surface area contributed by atoms with Crippen molar-refractivity contribution in [1.82, 2.24) is 25.5 Å². The van der Waals surface area contributed by atoms with Gasteiger partial charge in [-0.15, -0.1) is 0 Å². The normalized spacial score (nSPS) is 17.2. The van der Waals surface area contributed by atoms with Crippen molar-refractivity contribution < 1.29 is 9.05 Å². The summed E-state index contributed by atoms with van der Waals surface area (Å²) in [5, 5.41) is 11.1. The molecule has 0 amide bonds. The van der Waals surface area contributed by atoms with Gasteiger partial charge in [0, 0.05) is 32.2 Å². The number of nitrogens with zero attached hydrogens (tertiary/aromatic N) is 4. The summed E-state index contributed by atoms with van der Waals surface area (Å²) in [5.41, 5.74) is 0.798. The summed E-state index contributed by atoms with van der Waals surface area (Å²) in [7, 11) is 0. The van der Waals surface area contributed by atoms with Gasteiger partial charge >= 0.3 is 0 Å². The number of piperazine rings is 1. The van der Waals surface area contributed by atoms with E-state index in [4.69, 9.17) is 9.05 Å². The summed E-state index contributed by atoms with van der Waals surface area (Å²) in [6.45, 7) is 6.58. The van der Waals surface area contributed by atoms with Gasteiger partial charge in [-0.25, -0.2) is 0 Å². The Kier molecular flexibility index (Phi) is 3.07. The number of rotatable bonds is 3. The highest BCUT2D eigenvalue weighted by Gasteiger charge is 2.16. The van der Waals surface area contributed by atoms with Crippen LogP contribution in [-0.4, -0.2) is 46.4 Å². The Hall–Kier alpha value is -1.73. The van der Waals surface area contributed by atoms with Crippen LogP contribution < -0.4 is 5.32 Å². The lowest BCUT2D eigenvalue weighted by Crippen LogP contribution is -2.43. The first-order valence-electron chi connectivity index (χ1n) is 6.00.